The van der Waals surface area contributed by atoms with E-state index in [9.17, 15) is 9.59 Å². The summed E-state index contributed by atoms with van der Waals surface area (Å²) in [4.78, 5) is 30.5. The molecule has 2 heterocycles. The van der Waals surface area contributed by atoms with Gasteiger partial charge in [0.2, 0.25) is 0 Å². The molecule has 5 heteroatoms. The lowest BCUT2D eigenvalue weighted by Crippen LogP contribution is -2.46. The zero-order valence-electron chi connectivity index (χ0n) is 14.8. The number of nitrogens with one attached hydrogen (secondary N) is 2. The maximum atomic E-state index is 13.1. The molecule has 1 aliphatic rings. The van der Waals surface area contributed by atoms with Crippen LogP contribution < -0.4 is 10.9 Å². The van der Waals surface area contributed by atoms with Crippen LogP contribution in [0.2, 0.25) is 0 Å². The molecule has 26 heavy (non-hydrogen) atoms. The fraction of sp³-hybridized carbons (Fsp3) is 0.238. The highest BCUT2D eigenvalue weighted by Gasteiger charge is 2.34. The van der Waals surface area contributed by atoms with Gasteiger partial charge in [-0.25, -0.2) is 0 Å². The van der Waals surface area contributed by atoms with Gasteiger partial charge in [-0.2, -0.15) is 0 Å². The zero-order chi connectivity index (χ0) is 18.3. The molecule has 2 aromatic carbocycles. The van der Waals surface area contributed by atoms with Crippen LogP contribution in [-0.2, 0) is 0 Å². The molecule has 1 amide bonds. The average molecular weight is 347 g/mol. The molecule has 0 fully saturated rings. The second kappa shape index (κ2) is 6.33. The first kappa shape index (κ1) is 16.4. The van der Waals surface area contributed by atoms with E-state index in [0.717, 1.165) is 16.6 Å². The van der Waals surface area contributed by atoms with Crippen LogP contribution in [0.25, 0.3) is 10.9 Å². The van der Waals surface area contributed by atoms with Crippen LogP contribution in [0, 0.1) is 5.92 Å². The molecule has 1 atom stereocenters. The van der Waals surface area contributed by atoms with E-state index >= 15 is 0 Å². The van der Waals surface area contributed by atoms with Crippen LogP contribution in [0.5, 0.6) is 0 Å². The third kappa shape index (κ3) is 2.75. The Morgan fingerprint density at radius 2 is 1.77 bits per heavy atom. The van der Waals surface area contributed by atoms with Crippen LogP contribution in [0.15, 0.2) is 59.4 Å². The Bertz CT molecular complexity index is 1040. The van der Waals surface area contributed by atoms with Gasteiger partial charge >= 0.3 is 0 Å². The van der Waals surface area contributed by atoms with Crippen molar-refractivity contribution < 1.29 is 4.79 Å². The number of carbonyl (C=O) groups is 1. The van der Waals surface area contributed by atoms with Crippen molar-refractivity contribution in [3.05, 3.63) is 76.1 Å². The summed E-state index contributed by atoms with van der Waals surface area (Å²) in [5, 5.41) is 4.33. The first-order valence-corrected chi connectivity index (χ1v) is 8.83. The molecular formula is C21H21N3O2. The van der Waals surface area contributed by atoms with Crippen molar-refractivity contribution >= 4 is 22.5 Å². The highest BCUT2D eigenvalue weighted by molar-refractivity contribution is 6.01. The van der Waals surface area contributed by atoms with E-state index < -0.39 is 6.17 Å². The zero-order valence-corrected chi connectivity index (χ0v) is 14.8. The molecule has 1 aliphatic heterocycles. The Morgan fingerprint density at radius 1 is 1.04 bits per heavy atom. The molecule has 0 aliphatic carbocycles. The number of hydrogen-bond acceptors (Lipinski definition) is 3. The molecule has 4 rings (SSSR count). The molecule has 0 saturated carbocycles. The number of amides is 1. The Balaban J connectivity index is 1.87. The van der Waals surface area contributed by atoms with E-state index in [0.29, 0.717) is 17.7 Å². The average Bonchev–Trinajstić information content (AvgIpc) is 2.63. The summed E-state index contributed by atoms with van der Waals surface area (Å²) in [7, 11) is 0. The van der Waals surface area contributed by atoms with Crippen LogP contribution in [0.4, 0.5) is 5.69 Å². The molecule has 1 aromatic heterocycles. The standard InChI is InChI=1S/C21H21N3O2/c1-13(2)12-24-19(22-18-10-6-4-8-15(18)21(24)26)16-11-14-7-3-5-9-17(14)23-20(16)25/h3-11,13,19,22H,12H2,1-2H3,(H,23,25)/t19-/m0/s1. The van der Waals surface area contributed by atoms with E-state index in [1.165, 1.54) is 0 Å². The van der Waals surface area contributed by atoms with Gasteiger partial charge in [0.1, 0.15) is 6.17 Å². The SMILES string of the molecule is CC(C)CN1C(=O)c2ccccc2N[C@@H]1c1cc2ccccc2[nH]c1=O. The minimum absolute atomic E-state index is 0.0504. The first-order chi connectivity index (χ1) is 12.5. The van der Waals surface area contributed by atoms with Gasteiger partial charge < -0.3 is 15.2 Å². The summed E-state index contributed by atoms with van der Waals surface area (Å²) in [5.74, 6) is 0.235. The predicted molar refractivity (Wildman–Crippen MR) is 103 cm³/mol. The number of pyridine rings is 1. The van der Waals surface area contributed by atoms with E-state index in [1.807, 2.05) is 54.6 Å². The summed E-state index contributed by atoms with van der Waals surface area (Å²) >= 11 is 0. The molecule has 5 nitrogen and oxygen atoms in total. The van der Waals surface area contributed by atoms with Gasteiger partial charge in [-0.3, -0.25) is 9.59 Å². The normalized spacial score (nSPS) is 16.7. The van der Waals surface area contributed by atoms with Gasteiger partial charge in [0.05, 0.1) is 11.1 Å². The Morgan fingerprint density at radius 3 is 2.58 bits per heavy atom. The number of para-hydroxylation sites is 2. The Labute approximate surface area is 151 Å². The number of hydrogen-bond donors (Lipinski definition) is 2. The van der Waals surface area contributed by atoms with Gasteiger partial charge in [-0.15, -0.1) is 0 Å². The van der Waals surface area contributed by atoms with Gasteiger partial charge in [0.15, 0.2) is 0 Å². The van der Waals surface area contributed by atoms with Crippen molar-refractivity contribution in [2.75, 3.05) is 11.9 Å². The van der Waals surface area contributed by atoms with Crippen molar-refractivity contribution in [2.45, 2.75) is 20.0 Å². The summed E-state index contributed by atoms with van der Waals surface area (Å²) in [6, 6.07) is 17.0. The quantitative estimate of drug-likeness (QED) is 0.758. The Kier molecular flexibility index (Phi) is 3.99. The van der Waals surface area contributed by atoms with E-state index in [4.69, 9.17) is 0 Å². The highest BCUT2D eigenvalue weighted by Crippen LogP contribution is 2.33. The molecule has 2 N–H and O–H groups in total. The number of aromatic nitrogens is 1. The lowest BCUT2D eigenvalue weighted by atomic mass is 10.0. The number of fused-ring (bicyclic) bond motifs is 2. The van der Waals surface area contributed by atoms with Crippen molar-refractivity contribution in [1.29, 1.82) is 0 Å². The van der Waals surface area contributed by atoms with Gasteiger partial charge in [-0.1, -0.05) is 44.2 Å². The number of benzene rings is 2. The van der Waals surface area contributed by atoms with E-state index in [2.05, 4.69) is 24.1 Å². The van der Waals surface area contributed by atoms with Crippen LogP contribution in [0.3, 0.4) is 0 Å². The predicted octanol–water partition coefficient (Wildman–Crippen LogP) is 3.75. The minimum atomic E-state index is -0.492. The van der Waals surface area contributed by atoms with Crippen LogP contribution in [0.1, 0.15) is 35.9 Å². The number of carbonyl (C=O) groups excluding carboxylic acids is 1. The monoisotopic (exact) mass is 347 g/mol. The molecule has 132 valence electrons. The molecule has 3 aromatic rings. The summed E-state index contributed by atoms with van der Waals surface area (Å²) < 4.78 is 0. The van der Waals surface area contributed by atoms with E-state index in [-0.39, 0.29) is 17.4 Å². The largest absolute Gasteiger partial charge is 0.361 e. The van der Waals surface area contributed by atoms with Crippen LogP contribution in [-0.4, -0.2) is 22.3 Å². The number of H-pyrrole nitrogens is 1. The highest BCUT2D eigenvalue weighted by atomic mass is 16.2. The van der Waals surface area contributed by atoms with Crippen molar-refractivity contribution in [3.8, 4) is 0 Å². The fourth-order valence-electron chi connectivity index (χ4n) is 3.49. The second-order valence-electron chi connectivity index (χ2n) is 7.08. The van der Waals surface area contributed by atoms with Crippen LogP contribution >= 0.6 is 0 Å². The smallest absolute Gasteiger partial charge is 0.257 e. The molecular weight excluding hydrogens is 326 g/mol. The fourth-order valence-corrected chi connectivity index (χ4v) is 3.49. The maximum absolute atomic E-state index is 13.1. The summed E-state index contributed by atoms with van der Waals surface area (Å²) in [5.41, 5.74) is 2.56. The van der Waals surface area contributed by atoms with Gasteiger partial charge in [0.25, 0.3) is 11.5 Å². The summed E-state index contributed by atoms with van der Waals surface area (Å²) in [6.07, 6.45) is -0.492. The number of nitrogens with zero attached hydrogens (tertiary/aromatic N) is 1. The minimum Gasteiger partial charge on any atom is -0.361 e. The lowest BCUT2D eigenvalue weighted by Gasteiger charge is -2.38. The van der Waals surface area contributed by atoms with Gasteiger partial charge in [0, 0.05) is 17.7 Å². The van der Waals surface area contributed by atoms with Crippen molar-refractivity contribution in [2.24, 2.45) is 5.92 Å². The molecule has 0 bridgehead atoms. The van der Waals surface area contributed by atoms with Crippen molar-refractivity contribution in [1.82, 2.24) is 9.88 Å². The molecule has 0 unspecified atom stereocenters. The van der Waals surface area contributed by atoms with Gasteiger partial charge in [-0.05, 0) is 35.6 Å². The molecule has 0 saturated heterocycles. The topological polar surface area (TPSA) is 65.2 Å². The number of aromatic amines is 1. The molecule has 0 spiro atoms. The third-order valence-electron chi connectivity index (χ3n) is 4.66. The third-order valence-corrected chi connectivity index (χ3v) is 4.66. The number of rotatable bonds is 3. The Hall–Kier alpha value is -3.08. The number of anilines is 1. The second-order valence-corrected chi connectivity index (χ2v) is 7.08. The summed E-state index contributed by atoms with van der Waals surface area (Å²) in [6.45, 7) is 4.70. The lowest BCUT2D eigenvalue weighted by molar-refractivity contribution is 0.0657. The molecule has 0 radical (unpaired) electrons. The maximum Gasteiger partial charge on any atom is 0.257 e. The first-order valence-electron chi connectivity index (χ1n) is 8.83. The van der Waals surface area contributed by atoms with E-state index in [1.54, 1.807) is 4.90 Å². The van der Waals surface area contributed by atoms with Crippen molar-refractivity contribution in [3.63, 3.8) is 0 Å².